The predicted octanol–water partition coefficient (Wildman–Crippen LogP) is 2.76. The molecule has 4 rings (SSSR count). The summed E-state index contributed by atoms with van der Waals surface area (Å²) in [6, 6.07) is 7.07. The molecule has 0 aromatic carbocycles. The van der Waals surface area contributed by atoms with Crippen molar-refractivity contribution in [3.8, 4) is 0 Å². The van der Waals surface area contributed by atoms with E-state index in [1.807, 2.05) is 6.07 Å². The van der Waals surface area contributed by atoms with Crippen molar-refractivity contribution in [2.45, 2.75) is 57.6 Å². The fourth-order valence-electron chi connectivity index (χ4n) is 4.78. The first kappa shape index (κ1) is 21.4. The number of aromatic nitrogens is 2. The van der Waals surface area contributed by atoms with E-state index in [-0.39, 0.29) is 40.9 Å². The van der Waals surface area contributed by atoms with E-state index in [0.717, 1.165) is 19.3 Å². The Kier molecular flexibility index (Phi) is 6.32. The molecule has 1 atom stereocenters. The summed E-state index contributed by atoms with van der Waals surface area (Å²) in [5, 5.41) is 9.77. The van der Waals surface area contributed by atoms with Crippen LogP contribution in [0.2, 0.25) is 0 Å². The molecule has 1 unspecified atom stereocenters. The van der Waals surface area contributed by atoms with Gasteiger partial charge in [-0.2, -0.15) is 0 Å². The Bertz CT molecular complexity index is 1010. The van der Waals surface area contributed by atoms with Gasteiger partial charge in [0.25, 0.3) is 11.5 Å². The number of aliphatic hydroxyl groups excluding tert-OH is 1. The molecule has 2 aromatic heterocycles. The maximum Gasteiger partial charge on any atom is 0.263 e. The number of hydrogen-bond acceptors (Lipinski definition) is 5. The number of hydrogen-bond donors (Lipinski definition) is 1. The van der Waals surface area contributed by atoms with E-state index in [0.29, 0.717) is 43.6 Å². The van der Waals surface area contributed by atoms with Gasteiger partial charge in [0, 0.05) is 37.4 Å². The Morgan fingerprint density at radius 2 is 1.87 bits per heavy atom. The molecule has 1 aliphatic carbocycles. The summed E-state index contributed by atoms with van der Waals surface area (Å²) in [4.78, 5) is 45.3. The molecule has 7 nitrogen and oxygen atoms in total. The summed E-state index contributed by atoms with van der Waals surface area (Å²) in [5.74, 6) is -0.661. The molecular formula is C24H29N3O4. The first-order chi connectivity index (χ1) is 15.0. The van der Waals surface area contributed by atoms with Gasteiger partial charge in [0.1, 0.15) is 11.3 Å². The van der Waals surface area contributed by atoms with Crippen molar-refractivity contribution in [3.05, 3.63) is 63.8 Å². The molecule has 2 aromatic rings. The number of aryl methyl sites for hydroxylation is 1. The normalized spacial score (nSPS) is 24.1. The third-order valence-electron chi connectivity index (χ3n) is 6.60. The average molecular weight is 424 g/mol. The zero-order valence-electron chi connectivity index (χ0n) is 17.9. The number of pyridine rings is 2. The van der Waals surface area contributed by atoms with E-state index < -0.39 is 0 Å². The summed E-state index contributed by atoms with van der Waals surface area (Å²) in [7, 11) is 0. The van der Waals surface area contributed by atoms with Crippen molar-refractivity contribution in [2.24, 2.45) is 5.92 Å². The molecular weight excluding hydrogens is 394 g/mol. The molecule has 1 amide bonds. The van der Waals surface area contributed by atoms with Crippen LogP contribution >= 0.6 is 0 Å². The second kappa shape index (κ2) is 9.14. The first-order valence-corrected chi connectivity index (χ1v) is 11.1. The number of aliphatic hydroxyl groups is 1. The van der Waals surface area contributed by atoms with Gasteiger partial charge in [0.2, 0.25) is 0 Å². The highest BCUT2D eigenvalue weighted by Crippen LogP contribution is 2.28. The monoisotopic (exact) mass is 423 g/mol. The smallest absolute Gasteiger partial charge is 0.263 e. The molecule has 0 radical (unpaired) electrons. The topological polar surface area (TPSA) is 92.5 Å². The minimum Gasteiger partial charge on any atom is -0.393 e. The van der Waals surface area contributed by atoms with Crippen molar-refractivity contribution < 1.29 is 14.7 Å². The third-order valence-corrected chi connectivity index (χ3v) is 6.60. The number of amides is 1. The standard InChI is InChI=1S/C24H29N3O4/c1-16-11-14-27(18-7-9-19(28)10-8-18)24(31)21(16)23(30)26-13-4-5-17(15-26)22(29)20-6-2-3-12-25-20/h2-3,6,11-12,14,17-19,28H,4-5,7-10,13,15H2,1H3. The van der Waals surface area contributed by atoms with Crippen LogP contribution in [0.15, 0.2) is 41.5 Å². The number of likely N-dealkylation sites (tertiary alicyclic amines) is 1. The fourth-order valence-corrected chi connectivity index (χ4v) is 4.78. The Morgan fingerprint density at radius 1 is 1.10 bits per heavy atom. The van der Waals surface area contributed by atoms with E-state index in [1.165, 1.54) is 0 Å². The summed E-state index contributed by atoms with van der Waals surface area (Å²) in [5.41, 5.74) is 0.990. The molecule has 1 N–H and O–H groups in total. The zero-order chi connectivity index (χ0) is 22.0. The van der Waals surface area contributed by atoms with Gasteiger partial charge in [-0.15, -0.1) is 0 Å². The zero-order valence-corrected chi connectivity index (χ0v) is 17.9. The lowest BCUT2D eigenvalue weighted by Crippen LogP contribution is -2.45. The van der Waals surface area contributed by atoms with Crippen LogP contribution in [0.4, 0.5) is 0 Å². The number of nitrogens with zero attached hydrogens (tertiary/aromatic N) is 3. The molecule has 2 aliphatic rings. The van der Waals surface area contributed by atoms with Gasteiger partial charge in [-0.3, -0.25) is 19.4 Å². The number of carbonyl (C=O) groups excluding carboxylic acids is 2. The van der Waals surface area contributed by atoms with Gasteiger partial charge in [0.15, 0.2) is 5.78 Å². The molecule has 1 saturated heterocycles. The highest BCUT2D eigenvalue weighted by atomic mass is 16.3. The van der Waals surface area contributed by atoms with Crippen molar-refractivity contribution in [1.29, 1.82) is 0 Å². The van der Waals surface area contributed by atoms with Crippen LogP contribution in [0, 0.1) is 12.8 Å². The lowest BCUT2D eigenvalue weighted by Gasteiger charge is -2.32. The Labute approximate surface area is 181 Å². The van der Waals surface area contributed by atoms with Crippen molar-refractivity contribution in [3.63, 3.8) is 0 Å². The third kappa shape index (κ3) is 4.46. The van der Waals surface area contributed by atoms with Crippen LogP contribution in [-0.4, -0.2) is 50.4 Å². The van der Waals surface area contributed by atoms with E-state index >= 15 is 0 Å². The van der Waals surface area contributed by atoms with E-state index in [1.54, 1.807) is 47.0 Å². The van der Waals surface area contributed by atoms with E-state index in [9.17, 15) is 19.5 Å². The van der Waals surface area contributed by atoms with Crippen LogP contribution in [-0.2, 0) is 0 Å². The van der Waals surface area contributed by atoms with Gasteiger partial charge in [-0.1, -0.05) is 6.07 Å². The van der Waals surface area contributed by atoms with Crippen LogP contribution in [0.25, 0.3) is 0 Å². The first-order valence-electron chi connectivity index (χ1n) is 11.1. The van der Waals surface area contributed by atoms with Crippen molar-refractivity contribution in [2.75, 3.05) is 13.1 Å². The Hall–Kier alpha value is -2.80. The number of ketones is 1. The van der Waals surface area contributed by atoms with Crippen LogP contribution in [0.3, 0.4) is 0 Å². The Balaban J connectivity index is 1.55. The van der Waals surface area contributed by atoms with Gasteiger partial charge in [-0.05, 0) is 69.2 Å². The van der Waals surface area contributed by atoms with Crippen molar-refractivity contribution in [1.82, 2.24) is 14.5 Å². The molecule has 1 saturated carbocycles. The van der Waals surface area contributed by atoms with Crippen LogP contribution < -0.4 is 5.56 Å². The van der Waals surface area contributed by atoms with Gasteiger partial charge in [-0.25, -0.2) is 0 Å². The molecule has 0 spiro atoms. The second-order valence-electron chi connectivity index (χ2n) is 8.72. The molecule has 0 bridgehead atoms. The molecule has 1 aliphatic heterocycles. The Morgan fingerprint density at radius 3 is 2.58 bits per heavy atom. The van der Waals surface area contributed by atoms with Gasteiger partial charge in [0.05, 0.1) is 6.10 Å². The summed E-state index contributed by atoms with van der Waals surface area (Å²) >= 11 is 0. The molecule has 7 heteroatoms. The van der Waals surface area contributed by atoms with E-state index in [4.69, 9.17) is 0 Å². The predicted molar refractivity (Wildman–Crippen MR) is 116 cm³/mol. The van der Waals surface area contributed by atoms with Crippen LogP contribution in [0.5, 0.6) is 0 Å². The van der Waals surface area contributed by atoms with Gasteiger partial charge >= 0.3 is 0 Å². The number of carbonyl (C=O) groups is 2. The SMILES string of the molecule is Cc1ccn(C2CCC(O)CC2)c(=O)c1C(=O)N1CCCC(C(=O)c2ccccn2)C1. The quantitative estimate of drug-likeness (QED) is 0.764. The average Bonchev–Trinajstić information content (AvgIpc) is 2.80. The maximum atomic E-state index is 13.4. The molecule has 2 fully saturated rings. The van der Waals surface area contributed by atoms with E-state index in [2.05, 4.69) is 4.98 Å². The summed E-state index contributed by atoms with van der Waals surface area (Å²) in [6.07, 6.45) is 7.26. The summed E-state index contributed by atoms with van der Waals surface area (Å²) in [6.45, 7) is 2.62. The minimum absolute atomic E-state index is 0.00267. The largest absolute Gasteiger partial charge is 0.393 e. The highest BCUT2D eigenvalue weighted by Gasteiger charge is 2.32. The number of Topliss-reactive ketones (excluding diaryl/α,β-unsaturated/α-hetero) is 1. The maximum absolute atomic E-state index is 13.4. The lowest BCUT2D eigenvalue weighted by atomic mass is 9.91. The molecule has 3 heterocycles. The molecule has 31 heavy (non-hydrogen) atoms. The second-order valence-corrected chi connectivity index (χ2v) is 8.72. The fraction of sp³-hybridized carbons (Fsp3) is 0.500. The number of rotatable bonds is 4. The lowest BCUT2D eigenvalue weighted by molar-refractivity contribution is 0.0631. The molecule has 164 valence electrons. The summed E-state index contributed by atoms with van der Waals surface area (Å²) < 4.78 is 1.66. The minimum atomic E-state index is -0.307. The highest BCUT2D eigenvalue weighted by molar-refractivity contribution is 5.98. The van der Waals surface area contributed by atoms with Gasteiger partial charge < -0.3 is 14.6 Å². The van der Waals surface area contributed by atoms with Crippen molar-refractivity contribution >= 4 is 11.7 Å². The van der Waals surface area contributed by atoms with Crippen LogP contribution in [0.1, 0.15) is 71.0 Å². The number of piperidine rings is 1.